The van der Waals surface area contributed by atoms with Gasteiger partial charge in [0, 0.05) is 13.5 Å². The summed E-state index contributed by atoms with van der Waals surface area (Å²) in [5.74, 6) is -1.44. The van der Waals surface area contributed by atoms with Crippen molar-refractivity contribution in [3.63, 3.8) is 0 Å². The number of aliphatic hydroxyl groups is 1. The molecule has 168 valence electrons. The molecule has 0 unspecified atom stereocenters. The van der Waals surface area contributed by atoms with Crippen LogP contribution in [0.15, 0.2) is 59.5 Å². The summed E-state index contributed by atoms with van der Waals surface area (Å²) in [6.45, 7) is 2.85. The van der Waals surface area contributed by atoms with Crippen LogP contribution in [-0.4, -0.2) is 62.1 Å². The molecule has 0 aromatic heterocycles. The fourth-order valence-corrected chi connectivity index (χ4v) is 4.27. The number of hydrogen-bond acceptors (Lipinski definition) is 6. The monoisotopic (exact) mass is 448 g/mol. The van der Waals surface area contributed by atoms with Crippen molar-refractivity contribution in [2.24, 2.45) is 0 Å². The minimum Gasteiger partial charge on any atom is -0.464 e. The molecule has 0 heterocycles. The summed E-state index contributed by atoms with van der Waals surface area (Å²) < 4.78 is 31.7. The number of benzene rings is 2. The fraction of sp³-hybridized carbons (Fsp3) is 0.364. The molecule has 0 saturated carbocycles. The van der Waals surface area contributed by atoms with Crippen molar-refractivity contribution in [2.75, 3.05) is 20.3 Å². The average molecular weight is 449 g/mol. The van der Waals surface area contributed by atoms with E-state index in [-0.39, 0.29) is 17.9 Å². The Morgan fingerprint density at radius 1 is 1.10 bits per heavy atom. The first-order valence-electron chi connectivity index (χ1n) is 9.87. The maximum Gasteiger partial charge on any atom is 0.328 e. The van der Waals surface area contributed by atoms with Crippen molar-refractivity contribution in [1.29, 1.82) is 0 Å². The second kappa shape index (κ2) is 11.0. The Balaban J connectivity index is 2.22. The van der Waals surface area contributed by atoms with Gasteiger partial charge in [0.2, 0.25) is 15.9 Å². The lowest BCUT2D eigenvalue weighted by Crippen LogP contribution is -2.54. The van der Waals surface area contributed by atoms with Crippen LogP contribution in [0.1, 0.15) is 18.1 Å². The van der Waals surface area contributed by atoms with Crippen molar-refractivity contribution in [2.45, 2.75) is 37.2 Å². The van der Waals surface area contributed by atoms with Crippen LogP contribution in [0.3, 0.4) is 0 Å². The Labute approximate surface area is 182 Å². The number of hydrogen-bond donors (Lipinski definition) is 2. The Bertz CT molecular complexity index is 977. The molecule has 2 atom stereocenters. The molecule has 2 aromatic carbocycles. The number of nitrogens with zero attached hydrogens (tertiary/aromatic N) is 1. The zero-order valence-corrected chi connectivity index (χ0v) is 18.6. The molecule has 0 aliphatic heterocycles. The second-order valence-electron chi connectivity index (χ2n) is 7.04. The number of rotatable bonds is 10. The van der Waals surface area contributed by atoms with Crippen LogP contribution < -0.4 is 5.32 Å². The average Bonchev–Trinajstić information content (AvgIpc) is 2.75. The van der Waals surface area contributed by atoms with Crippen molar-refractivity contribution >= 4 is 21.9 Å². The quantitative estimate of drug-likeness (QED) is 0.529. The van der Waals surface area contributed by atoms with E-state index in [1.807, 2.05) is 13.0 Å². The van der Waals surface area contributed by atoms with Crippen LogP contribution in [0.25, 0.3) is 0 Å². The predicted molar refractivity (Wildman–Crippen MR) is 116 cm³/mol. The van der Waals surface area contributed by atoms with Crippen molar-refractivity contribution in [3.05, 3.63) is 65.7 Å². The van der Waals surface area contributed by atoms with Gasteiger partial charge >= 0.3 is 5.97 Å². The van der Waals surface area contributed by atoms with Crippen LogP contribution in [0.4, 0.5) is 0 Å². The predicted octanol–water partition coefficient (Wildman–Crippen LogP) is 1.27. The summed E-state index contributed by atoms with van der Waals surface area (Å²) in [4.78, 5) is 25.3. The number of ether oxygens (including phenoxy) is 1. The van der Waals surface area contributed by atoms with Crippen molar-refractivity contribution in [3.8, 4) is 0 Å². The van der Waals surface area contributed by atoms with Crippen LogP contribution >= 0.6 is 0 Å². The fourth-order valence-electron chi connectivity index (χ4n) is 2.96. The standard InChI is InChI=1S/C22H28N2O6S/c1-4-30-22(27)19(14-17-8-6-5-7-9-17)23-21(26)20(15-25)24(3)31(28,29)18-12-10-16(2)11-13-18/h5-13,19-20,25H,4,14-15H2,1-3H3,(H,23,26)/t19-,20-/m0/s1. The normalized spacial score (nSPS) is 13.5. The lowest BCUT2D eigenvalue weighted by Gasteiger charge is -2.27. The van der Waals surface area contributed by atoms with Gasteiger partial charge < -0.3 is 15.2 Å². The van der Waals surface area contributed by atoms with Crippen LogP contribution in [0.5, 0.6) is 0 Å². The molecule has 0 spiro atoms. The molecule has 9 heteroatoms. The molecular weight excluding hydrogens is 420 g/mol. The molecule has 0 aliphatic carbocycles. The second-order valence-corrected chi connectivity index (χ2v) is 9.03. The topological polar surface area (TPSA) is 113 Å². The number of carbonyl (C=O) groups excluding carboxylic acids is 2. The van der Waals surface area contributed by atoms with Gasteiger partial charge in [0.15, 0.2) is 0 Å². The Hall–Kier alpha value is -2.75. The molecule has 0 radical (unpaired) electrons. The van der Waals surface area contributed by atoms with E-state index in [0.717, 1.165) is 15.4 Å². The Morgan fingerprint density at radius 2 is 1.71 bits per heavy atom. The molecule has 0 saturated heterocycles. The third-order valence-corrected chi connectivity index (χ3v) is 6.66. The van der Waals surface area contributed by atoms with Crippen LogP contribution in [0.2, 0.25) is 0 Å². The highest BCUT2D eigenvalue weighted by molar-refractivity contribution is 7.89. The lowest BCUT2D eigenvalue weighted by atomic mass is 10.1. The van der Waals surface area contributed by atoms with Crippen molar-refractivity contribution in [1.82, 2.24) is 9.62 Å². The number of likely N-dealkylation sites (N-methyl/N-ethyl adjacent to an activating group) is 1. The maximum atomic E-state index is 12.9. The summed E-state index contributed by atoms with van der Waals surface area (Å²) in [6.07, 6.45) is 0.165. The summed E-state index contributed by atoms with van der Waals surface area (Å²) >= 11 is 0. The van der Waals surface area contributed by atoms with Gasteiger partial charge in [-0.15, -0.1) is 0 Å². The summed E-state index contributed by atoms with van der Waals surface area (Å²) in [5, 5.41) is 12.3. The number of aliphatic hydroxyl groups excluding tert-OH is 1. The van der Waals surface area contributed by atoms with Gasteiger partial charge in [-0.3, -0.25) is 4.79 Å². The van der Waals surface area contributed by atoms with E-state index in [1.165, 1.54) is 19.2 Å². The zero-order chi connectivity index (χ0) is 23.0. The Kier molecular flexibility index (Phi) is 8.73. The largest absolute Gasteiger partial charge is 0.464 e. The van der Waals surface area contributed by atoms with Gasteiger partial charge in [-0.25, -0.2) is 13.2 Å². The van der Waals surface area contributed by atoms with E-state index in [9.17, 15) is 23.1 Å². The number of sulfonamides is 1. The van der Waals surface area contributed by atoms with Crippen LogP contribution in [0, 0.1) is 6.92 Å². The van der Waals surface area contributed by atoms with E-state index in [0.29, 0.717) is 0 Å². The SMILES string of the molecule is CCOC(=O)[C@H](Cc1ccccc1)NC(=O)[C@H](CO)N(C)S(=O)(=O)c1ccc(C)cc1. The van der Waals surface area contributed by atoms with E-state index in [2.05, 4.69) is 5.32 Å². The van der Waals surface area contributed by atoms with Gasteiger partial charge in [-0.2, -0.15) is 4.31 Å². The van der Waals surface area contributed by atoms with Gasteiger partial charge in [0.05, 0.1) is 18.1 Å². The molecule has 2 rings (SSSR count). The third-order valence-electron chi connectivity index (χ3n) is 4.78. The summed E-state index contributed by atoms with van der Waals surface area (Å²) in [6, 6.07) is 12.7. The molecule has 2 aromatic rings. The van der Waals surface area contributed by atoms with Gasteiger partial charge in [0.25, 0.3) is 0 Å². The maximum absolute atomic E-state index is 12.9. The zero-order valence-electron chi connectivity index (χ0n) is 17.8. The molecule has 2 N–H and O–H groups in total. The van der Waals surface area contributed by atoms with E-state index >= 15 is 0 Å². The van der Waals surface area contributed by atoms with Gasteiger partial charge in [-0.1, -0.05) is 48.0 Å². The molecular formula is C22H28N2O6S. The number of esters is 1. The molecule has 0 bridgehead atoms. The van der Waals surface area contributed by atoms with E-state index < -0.39 is 40.6 Å². The lowest BCUT2D eigenvalue weighted by molar-refractivity contribution is -0.147. The van der Waals surface area contributed by atoms with Crippen molar-refractivity contribution < 1.29 is 27.9 Å². The molecule has 8 nitrogen and oxygen atoms in total. The molecule has 1 amide bonds. The third kappa shape index (κ3) is 6.36. The smallest absolute Gasteiger partial charge is 0.328 e. The first-order valence-corrected chi connectivity index (χ1v) is 11.3. The number of nitrogens with one attached hydrogen (secondary N) is 1. The first kappa shape index (κ1) is 24.5. The molecule has 0 aliphatic rings. The first-order chi connectivity index (χ1) is 14.7. The highest BCUT2D eigenvalue weighted by Gasteiger charge is 2.34. The minimum atomic E-state index is -4.04. The highest BCUT2D eigenvalue weighted by Crippen LogP contribution is 2.17. The molecule has 31 heavy (non-hydrogen) atoms. The highest BCUT2D eigenvalue weighted by atomic mass is 32.2. The molecule has 0 fully saturated rings. The number of carbonyl (C=O) groups is 2. The van der Waals surface area contributed by atoms with Gasteiger partial charge in [-0.05, 0) is 31.5 Å². The van der Waals surface area contributed by atoms with Crippen LogP contribution in [-0.2, 0) is 30.8 Å². The van der Waals surface area contributed by atoms with Gasteiger partial charge in [0.1, 0.15) is 12.1 Å². The van der Waals surface area contributed by atoms with E-state index in [1.54, 1.807) is 43.3 Å². The Morgan fingerprint density at radius 3 is 2.26 bits per heavy atom. The number of aryl methyl sites for hydroxylation is 1. The number of amides is 1. The summed E-state index contributed by atoms with van der Waals surface area (Å²) in [5.41, 5.74) is 1.68. The minimum absolute atomic E-state index is 0.00178. The summed E-state index contributed by atoms with van der Waals surface area (Å²) in [7, 11) is -2.83. The van der Waals surface area contributed by atoms with E-state index in [4.69, 9.17) is 4.74 Å².